The lowest BCUT2D eigenvalue weighted by molar-refractivity contribution is 0.244. The van der Waals surface area contributed by atoms with Gasteiger partial charge in [0.1, 0.15) is 0 Å². The van der Waals surface area contributed by atoms with E-state index in [1.54, 1.807) is 6.20 Å². The molecule has 9 nitrogen and oxygen atoms in total. The summed E-state index contributed by atoms with van der Waals surface area (Å²) in [7, 11) is 0. The first-order valence-corrected chi connectivity index (χ1v) is 10.8. The van der Waals surface area contributed by atoms with E-state index >= 15 is 0 Å². The van der Waals surface area contributed by atoms with Crippen LogP contribution in [-0.2, 0) is 6.54 Å². The number of pyridine rings is 1. The summed E-state index contributed by atoms with van der Waals surface area (Å²) in [6.07, 6.45) is 2.69. The van der Waals surface area contributed by atoms with Gasteiger partial charge in [-0.3, -0.25) is 9.88 Å². The molecule has 9 heteroatoms. The van der Waals surface area contributed by atoms with Crippen molar-refractivity contribution in [3.63, 3.8) is 0 Å². The lowest BCUT2D eigenvalue weighted by Crippen LogP contribution is -2.40. The number of amides is 2. The zero-order valence-corrected chi connectivity index (χ0v) is 18.0. The fraction of sp³-hybridized carbons (Fsp3) is 0.208. The minimum atomic E-state index is -0.460. The molecule has 0 radical (unpaired) electrons. The molecule has 1 aliphatic heterocycles. The number of carbonyl (C=O) groups excluding carboxylic acids is 1. The molecule has 0 unspecified atom stereocenters. The zero-order valence-electron chi connectivity index (χ0n) is 18.0. The van der Waals surface area contributed by atoms with Crippen molar-refractivity contribution in [1.29, 1.82) is 0 Å². The molecule has 0 saturated carbocycles. The van der Waals surface area contributed by atoms with Crippen molar-refractivity contribution in [3.8, 4) is 33.8 Å². The lowest BCUT2D eigenvalue weighted by atomic mass is 9.97. The number of primary amides is 1. The molecule has 0 spiro atoms. The molecule has 0 bridgehead atoms. The smallest absolute Gasteiger partial charge is 0.312 e. The number of rotatable bonds is 6. The van der Waals surface area contributed by atoms with Crippen LogP contribution in [0.15, 0.2) is 66.9 Å². The molecule has 0 aliphatic carbocycles. The van der Waals surface area contributed by atoms with Crippen molar-refractivity contribution in [3.05, 3.63) is 72.4 Å². The summed E-state index contributed by atoms with van der Waals surface area (Å²) in [5.41, 5.74) is 11.3. The summed E-state index contributed by atoms with van der Waals surface area (Å²) in [4.78, 5) is 18.2. The molecule has 1 atom stereocenters. The summed E-state index contributed by atoms with van der Waals surface area (Å²) in [6, 6.07) is 20.3. The van der Waals surface area contributed by atoms with Crippen molar-refractivity contribution in [2.75, 3.05) is 13.1 Å². The zero-order chi connectivity index (χ0) is 22.6. The van der Waals surface area contributed by atoms with Gasteiger partial charge < -0.3 is 11.1 Å². The number of aromatic amines is 1. The molecule has 4 aromatic rings. The van der Waals surface area contributed by atoms with Crippen LogP contribution in [0.4, 0.5) is 4.79 Å². The molecule has 2 aromatic heterocycles. The minimum Gasteiger partial charge on any atom is -0.352 e. The molecule has 4 N–H and O–H groups in total. The van der Waals surface area contributed by atoms with Gasteiger partial charge in [-0.15, -0.1) is 10.2 Å². The van der Waals surface area contributed by atoms with E-state index in [4.69, 9.17) is 10.7 Å². The van der Waals surface area contributed by atoms with E-state index in [1.165, 1.54) is 5.56 Å². The number of carbonyl (C=O) groups is 1. The number of tetrazole rings is 1. The maximum atomic E-state index is 11.1. The molecule has 5 rings (SSSR count). The second kappa shape index (κ2) is 9.17. The lowest BCUT2D eigenvalue weighted by Gasteiger charge is -2.17. The second-order valence-corrected chi connectivity index (χ2v) is 8.15. The van der Waals surface area contributed by atoms with Gasteiger partial charge in [0.2, 0.25) is 5.82 Å². The number of nitrogens with zero attached hydrogens (tertiary/aromatic N) is 5. The average Bonchev–Trinajstić information content (AvgIpc) is 3.52. The van der Waals surface area contributed by atoms with Gasteiger partial charge in [-0.05, 0) is 28.8 Å². The maximum Gasteiger partial charge on any atom is 0.312 e. The monoisotopic (exact) mass is 440 g/mol. The van der Waals surface area contributed by atoms with Gasteiger partial charge in [-0.2, -0.15) is 5.21 Å². The van der Waals surface area contributed by atoms with E-state index in [0.717, 1.165) is 54.0 Å². The number of likely N-dealkylation sites (tertiary alicyclic amines) is 1. The molecule has 2 aromatic carbocycles. The Hall–Kier alpha value is -4.11. The van der Waals surface area contributed by atoms with E-state index in [9.17, 15) is 4.79 Å². The topological polar surface area (TPSA) is 126 Å². The summed E-state index contributed by atoms with van der Waals surface area (Å²) in [6.45, 7) is 2.57. The average molecular weight is 441 g/mol. The van der Waals surface area contributed by atoms with Gasteiger partial charge in [0, 0.05) is 48.6 Å². The van der Waals surface area contributed by atoms with Gasteiger partial charge in [0.25, 0.3) is 0 Å². The quantitative estimate of drug-likeness (QED) is 0.423. The Morgan fingerprint density at radius 2 is 1.91 bits per heavy atom. The van der Waals surface area contributed by atoms with Crippen LogP contribution in [0.3, 0.4) is 0 Å². The molecule has 1 fully saturated rings. The van der Waals surface area contributed by atoms with Crippen LogP contribution >= 0.6 is 0 Å². The molecule has 3 heterocycles. The van der Waals surface area contributed by atoms with Crippen LogP contribution in [0.1, 0.15) is 12.0 Å². The molecule has 1 aliphatic rings. The fourth-order valence-electron chi connectivity index (χ4n) is 4.26. The summed E-state index contributed by atoms with van der Waals surface area (Å²) in [5.74, 6) is 0.510. The van der Waals surface area contributed by atoms with Crippen molar-refractivity contribution in [2.45, 2.75) is 19.0 Å². The van der Waals surface area contributed by atoms with Crippen molar-refractivity contribution in [2.24, 2.45) is 5.73 Å². The first-order valence-electron chi connectivity index (χ1n) is 10.8. The molecular weight excluding hydrogens is 416 g/mol. The standard InChI is InChI=1S/C24H24N8O/c25-24(33)27-20-10-11-32(15-20)14-16-6-8-18(9-7-16)22-21(17-4-2-1-3-5-17)12-19(13-26-22)23-28-30-31-29-23/h1-9,12-13,20H,10-11,14-15H2,(H3,25,27,33)(H,28,29,30,31)/t20-/m1/s1. The van der Waals surface area contributed by atoms with E-state index in [1.807, 2.05) is 24.3 Å². The normalized spacial score (nSPS) is 16.1. The highest BCUT2D eigenvalue weighted by atomic mass is 16.2. The minimum absolute atomic E-state index is 0.122. The number of urea groups is 1. The maximum absolute atomic E-state index is 11.1. The van der Waals surface area contributed by atoms with E-state index < -0.39 is 6.03 Å². The van der Waals surface area contributed by atoms with Crippen LogP contribution in [0, 0.1) is 0 Å². The van der Waals surface area contributed by atoms with E-state index in [0.29, 0.717) is 5.82 Å². The first kappa shape index (κ1) is 20.8. The van der Waals surface area contributed by atoms with Gasteiger partial charge in [0.15, 0.2) is 0 Å². The molecular formula is C24H24N8O. The second-order valence-electron chi connectivity index (χ2n) is 8.15. The Bertz CT molecular complexity index is 1230. The van der Waals surface area contributed by atoms with Crippen LogP contribution in [0.25, 0.3) is 33.8 Å². The van der Waals surface area contributed by atoms with Crippen molar-refractivity contribution >= 4 is 6.03 Å². The summed E-state index contributed by atoms with van der Waals surface area (Å²) in [5, 5.41) is 17.1. The number of H-pyrrole nitrogens is 1. The largest absolute Gasteiger partial charge is 0.352 e. The van der Waals surface area contributed by atoms with E-state index in [2.05, 4.69) is 67.2 Å². The molecule has 2 amide bonds. The third-order valence-corrected chi connectivity index (χ3v) is 5.83. The Kier molecular flexibility index (Phi) is 5.77. The molecule has 33 heavy (non-hydrogen) atoms. The van der Waals surface area contributed by atoms with Gasteiger partial charge in [-0.1, -0.05) is 54.6 Å². The van der Waals surface area contributed by atoms with Crippen LogP contribution < -0.4 is 11.1 Å². The Labute approximate surface area is 191 Å². The fourth-order valence-corrected chi connectivity index (χ4v) is 4.26. The van der Waals surface area contributed by atoms with Gasteiger partial charge in [0.05, 0.1) is 5.69 Å². The Balaban J connectivity index is 1.39. The predicted molar refractivity (Wildman–Crippen MR) is 125 cm³/mol. The number of benzene rings is 2. The Morgan fingerprint density at radius 3 is 2.64 bits per heavy atom. The SMILES string of the molecule is NC(=O)N[C@@H]1CCN(Cc2ccc(-c3ncc(-c4nn[nH]n4)cc3-c3ccccc3)cc2)C1. The number of nitrogens with one attached hydrogen (secondary N) is 2. The van der Waals surface area contributed by atoms with Crippen LogP contribution in [0.5, 0.6) is 0 Å². The highest BCUT2D eigenvalue weighted by molar-refractivity contribution is 5.83. The van der Waals surface area contributed by atoms with Gasteiger partial charge >= 0.3 is 6.03 Å². The number of hydrogen-bond acceptors (Lipinski definition) is 6. The third kappa shape index (κ3) is 4.73. The van der Waals surface area contributed by atoms with Crippen molar-refractivity contribution < 1.29 is 4.79 Å². The number of hydrogen-bond donors (Lipinski definition) is 3. The van der Waals surface area contributed by atoms with Crippen LogP contribution in [-0.4, -0.2) is 55.7 Å². The highest BCUT2D eigenvalue weighted by Gasteiger charge is 2.23. The van der Waals surface area contributed by atoms with Crippen LogP contribution in [0.2, 0.25) is 0 Å². The first-order chi connectivity index (χ1) is 16.2. The third-order valence-electron chi connectivity index (χ3n) is 5.83. The molecule has 1 saturated heterocycles. The highest BCUT2D eigenvalue weighted by Crippen LogP contribution is 2.33. The van der Waals surface area contributed by atoms with E-state index in [-0.39, 0.29) is 6.04 Å². The van der Waals surface area contributed by atoms with Crippen molar-refractivity contribution in [1.82, 2.24) is 35.8 Å². The predicted octanol–water partition coefficient (Wildman–Crippen LogP) is 2.84. The summed E-state index contributed by atoms with van der Waals surface area (Å²) < 4.78 is 0. The molecule has 166 valence electrons. The number of nitrogens with two attached hydrogens (primary N) is 1. The van der Waals surface area contributed by atoms with Gasteiger partial charge in [-0.25, -0.2) is 4.79 Å². The number of aromatic nitrogens is 5. The summed E-state index contributed by atoms with van der Waals surface area (Å²) >= 11 is 0. The Morgan fingerprint density at radius 1 is 1.09 bits per heavy atom.